The van der Waals surface area contributed by atoms with Gasteiger partial charge in [0.25, 0.3) is 0 Å². The van der Waals surface area contributed by atoms with Crippen LogP contribution >= 0.6 is 0 Å². The first kappa shape index (κ1) is 24.8. The number of esters is 1. The Kier molecular flexibility index (Phi) is 5.38. The van der Waals surface area contributed by atoms with Crippen molar-refractivity contribution >= 4 is 17.9 Å². The molecule has 3 aliphatic rings. The number of guanidine groups is 2. The smallest absolute Gasteiger partial charge is 0.416 e. The van der Waals surface area contributed by atoms with E-state index in [2.05, 4.69) is 15.3 Å². The van der Waals surface area contributed by atoms with Gasteiger partial charge in [-0.05, 0) is 18.2 Å². The molecule has 4 atom stereocenters. The van der Waals surface area contributed by atoms with E-state index in [1.807, 2.05) is 0 Å². The van der Waals surface area contributed by atoms with Gasteiger partial charge >= 0.3 is 18.3 Å². The molecule has 11 nitrogen and oxygen atoms in total. The van der Waals surface area contributed by atoms with Gasteiger partial charge in [0.1, 0.15) is 12.1 Å². The van der Waals surface area contributed by atoms with Crippen LogP contribution in [0, 0.1) is 0 Å². The predicted molar refractivity (Wildman–Crippen MR) is 103 cm³/mol. The highest BCUT2D eigenvalue weighted by Gasteiger charge is 2.74. The molecule has 3 heterocycles. The van der Waals surface area contributed by atoms with E-state index in [1.165, 1.54) is 0 Å². The molecule has 3 aliphatic heterocycles. The fourth-order valence-electron chi connectivity index (χ4n) is 4.44. The Balaban J connectivity index is 1.70. The Bertz CT molecular complexity index is 1090. The summed E-state index contributed by atoms with van der Waals surface area (Å²) in [5.74, 6) is -5.45. The standard InChI is InChI=1S/C18H18F6N6O5/c19-17(20,21)7-1-6(2-8(3-7)18(22,23)24)12(32)35-10-4-30-14(26)27-9(5-31)11-15(30,16(10,33)34)29-13(25)28-11/h1-3,9-11,31,33-34H,4-5H2,(H2,26,27)(H3,25,28,29)/t9-,10-,11-,15-/m0/s1. The number of alkyl halides is 6. The van der Waals surface area contributed by atoms with E-state index in [0.29, 0.717) is 0 Å². The summed E-state index contributed by atoms with van der Waals surface area (Å²) in [7, 11) is 0. The molecular formula is C18H18F6N6O5. The van der Waals surface area contributed by atoms with Crippen molar-refractivity contribution in [3.05, 3.63) is 34.9 Å². The van der Waals surface area contributed by atoms with E-state index >= 15 is 0 Å². The number of carbonyl (C=O) groups is 1. The number of carbonyl (C=O) groups excluding carboxylic acids is 1. The van der Waals surface area contributed by atoms with Crippen LogP contribution < -0.4 is 16.8 Å². The number of rotatable bonds is 3. The molecule has 0 aliphatic carbocycles. The van der Waals surface area contributed by atoms with E-state index in [1.54, 1.807) is 0 Å². The zero-order chi connectivity index (χ0) is 26.1. The first-order valence-corrected chi connectivity index (χ1v) is 9.80. The van der Waals surface area contributed by atoms with Gasteiger partial charge < -0.3 is 41.7 Å². The van der Waals surface area contributed by atoms with Gasteiger partial charge in [-0.25, -0.2) is 14.8 Å². The van der Waals surface area contributed by atoms with E-state index in [-0.39, 0.29) is 30.1 Å². The SMILES string of the molecule is NC1=N[C@H]2[C@H](CO)N=C(N)N3C[C@H](OC(=O)c4cc(C(F)(F)F)cc(C(F)(F)F)c4)C(O)(O)[C@]23N1. The molecule has 17 heteroatoms. The summed E-state index contributed by atoms with van der Waals surface area (Å²) in [6.45, 7) is -1.26. The minimum atomic E-state index is -5.22. The van der Waals surface area contributed by atoms with E-state index < -0.39 is 77.8 Å². The summed E-state index contributed by atoms with van der Waals surface area (Å²) >= 11 is 0. The molecule has 8 N–H and O–H groups in total. The molecule has 0 amide bonds. The van der Waals surface area contributed by atoms with E-state index in [9.17, 15) is 46.5 Å². The number of aliphatic hydroxyl groups excluding tert-OH is 1. The van der Waals surface area contributed by atoms with E-state index in [4.69, 9.17) is 16.2 Å². The second-order valence-electron chi connectivity index (χ2n) is 8.11. The normalized spacial score (nSPS) is 29.6. The number of halogens is 6. The molecular weight excluding hydrogens is 494 g/mol. The van der Waals surface area contributed by atoms with E-state index in [0.717, 1.165) is 4.90 Å². The molecule has 0 radical (unpaired) electrons. The predicted octanol–water partition coefficient (Wildman–Crippen LogP) is -1.08. The maximum atomic E-state index is 13.1. The van der Waals surface area contributed by atoms with Gasteiger partial charge in [-0.2, -0.15) is 26.3 Å². The summed E-state index contributed by atoms with van der Waals surface area (Å²) in [4.78, 5) is 21.6. The highest BCUT2D eigenvalue weighted by Crippen LogP contribution is 2.46. The van der Waals surface area contributed by atoms with Crippen LogP contribution in [0.4, 0.5) is 26.3 Å². The quantitative estimate of drug-likeness (QED) is 0.167. The number of nitrogens with one attached hydrogen (secondary N) is 1. The highest BCUT2D eigenvalue weighted by atomic mass is 19.4. The Morgan fingerprint density at radius 1 is 1.11 bits per heavy atom. The summed E-state index contributed by atoms with van der Waals surface area (Å²) in [6, 6.07) is -2.25. The van der Waals surface area contributed by atoms with Gasteiger partial charge in [0.2, 0.25) is 5.79 Å². The second-order valence-corrected chi connectivity index (χ2v) is 8.11. The molecule has 0 bridgehead atoms. The van der Waals surface area contributed by atoms with Crippen LogP contribution in [0.15, 0.2) is 28.2 Å². The van der Waals surface area contributed by atoms with Crippen molar-refractivity contribution < 1.29 is 51.2 Å². The topological polar surface area (TPSA) is 179 Å². The lowest BCUT2D eigenvalue weighted by molar-refractivity contribution is -0.257. The first-order chi connectivity index (χ1) is 16.0. The number of hydrogen-bond acceptors (Lipinski definition) is 11. The molecule has 1 saturated heterocycles. The lowest BCUT2D eigenvalue weighted by Crippen LogP contribution is -2.77. The van der Waals surface area contributed by atoms with Crippen molar-refractivity contribution in [3.8, 4) is 0 Å². The van der Waals surface area contributed by atoms with Crippen molar-refractivity contribution in [1.82, 2.24) is 10.2 Å². The Morgan fingerprint density at radius 2 is 1.69 bits per heavy atom. The fourth-order valence-corrected chi connectivity index (χ4v) is 4.44. The number of aliphatic imine (C=N–C) groups is 2. The number of aliphatic hydroxyl groups is 3. The van der Waals surface area contributed by atoms with Crippen LogP contribution in [0.3, 0.4) is 0 Å². The molecule has 1 aromatic carbocycles. The van der Waals surface area contributed by atoms with Crippen LogP contribution in [-0.2, 0) is 17.1 Å². The summed E-state index contributed by atoms with van der Waals surface area (Å²) in [5, 5.41) is 34.2. The number of ether oxygens (including phenoxy) is 1. The van der Waals surface area contributed by atoms with Crippen molar-refractivity contribution in [2.45, 2.75) is 42.0 Å². The number of nitrogens with zero attached hydrogens (tertiary/aromatic N) is 3. The van der Waals surface area contributed by atoms with Crippen molar-refractivity contribution in [3.63, 3.8) is 0 Å². The third-order valence-electron chi connectivity index (χ3n) is 6.01. The summed E-state index contributed by atoms with van der Waals surface area (Å²) in [6.07, 6.45) is -12.4. The molecule has 0 aromatic heterocycles. The molecule has 0 saturated carbocycles. The maximum Gasteiger partial charge on any atom is 0.416 e. The van der Waals surface area contributed by atoms with Gasteiger partial charge in [-0.1, -0.05) is 0 Å². The first-order valence-electron chi connectivity index (χ1n) is 9.80. The maximum absolute atomic E-state index is 13.1. The average Bonchev–Trinajstić information content (AvgIpc) is 3.21. The molecule has 35 heavy (non-hydrogen) atoms. The van der Waals surface area contributed by atoms with Gasteiger partial charge in [0.05, 0.1) is 29.8 Å². The molecule has 1 spiro atoms. The number of hydrogen-bond donors (Lipinski definition) is 6. The number of benzene rings is 1. The minimum absolute atomic E-state index is 0.143. The molecule has 192 valence electrons. The van der Waals surface area contributed by atoms with Crippen LogP contribution in [0.2, 0.25) is 0 Å². The average molecular weight is 512 g/mol. The fraction of sp³-hybridized carbons (Fsp3) is 0.500. The van der Waals surface area contributed by atoms with Crippen LogP contribution in [0.5, 0.6) is 0 Å². The second kappa shape index (κ2) is 7.59. The van der Waals surface area contributed by atoms with Crippen LogP contribution in [0.25, 0.3) is 0 Å². The lowest BCUT2D eigenvalue weighted by atomic mass is 9.86. The van der Waals surface area contributed by atoms with Crippen LogP contribution in [-0.4, -0.2) is 80.9 Å². The minimum Gasteiger partial charge on any atom is -0.451 e. The third-order valence-corrected chi connectivity index (χ3v) is 6.01. The molecule has 1 fully saturated rings. The van der Waals surface area contributed by atoms with Gasteiger partial charge in [-0.3, -0.25) is 0 Å². The monoisotopic (exact) mass is 512 g/mol. The molecule has 4 rings (SSSR count). The third kappa shape index (κ3) is 3.69. The van der Waals surface area contributed by atoms with Crippen molar-refractivity contribution in [2.24, 2.45) is 21.5 Å². The van der Waals surface area contributed by atoms with Crippen molar-refractivity contribution in [2.75, 3.05) is 13.2 Å². The van der Waals surface area contributed by atoms with Gasteiger partial charge in [0, 0.05) is 0 Å². The Labute approximate surface area is 191 Å². The van der Waals surface area contributed by atoms with Crippen LogP contribution in [0.1, 0.15) is 21.5 Å². The highest BCUT2D eigenvalue weighted by molar-refractivity contribution is 5.91. The molecule has 0 unspecified atom stereocenters. The summed E-state index contributed by atoms with van der Waals surface area (Å²) in [5.41, 5.74) is 4.78. The zero-order valence-electron chi connectivity index (χ0n) is 17.3. The lowest BCUT2D eigenvalue weighted by Gasteiger charge is -2.48. The zero-order valence-corrected chi connectivity index (χ0v) is 17.3. The summed E-state index contributed by atoms with van der Waals surface area (Å²) < 4.78 is 83.8. The van der Waals surface area contributed by atoms with Gasteiger partial charge in [0.15, 0.2) is 23.7 Å². The number of nitrogens with two attached hydrogens (primary N) is 2. The Morgan fingerprint density at radius 3 is 2.20 bits per heavy atom. The largest absolute Gasteiger partial charge is 0.451 e. The Hall–Kier alpha value is -3.31. The molecule has 1 aromatic rings. The van der Waals surface area contributed by atoms with Crippen molar-refractivity contribution in [1.29, 1.82) is 0 Å². The van der Waals surface area contributed by atoms with Gasteiger partial charge in [-0.15, -0.1) is 0 Å².